The van der Waals surface area contributed by atoms with Crippen molar-refractivity contribution in [1.82, 2.24) is 4.98 Å². The van der Waals surface area contributed by atoms with E-state index in [0.717, 1.165) is 20.8 Å². The molecular formula is C34H38Cl2N2O14. The van der Waals surface area contributed by atoms with E-state index in [4.69, 9.17) is 65.5 Å². The summed E-state index contributed by atoms with van der Waals surface area (Å²) < 4.78 is 50.3. The van der Waals surface area contributed by atoms with Gasteiger partial charge in [-0.05, 0) is 31.4 Å². The number of pyridine rings is 1. The molecule has 1 N–H and O–H groups in total. The Kier molecular flexibility index (Phi) is 14.5. The Morgan fingerprint density at radius 2 is 1.48 bits per heavy atom. The van der Waals surface area contributed by atoms with Crippen molar-refractivity contribution in [3.8, 4) is 11.5 Å². The Morgan fingerprint density at radius 1 is 0.846 bits per heavy atom. The number of carbonyl (C=O) groups excluding carboxylic acids is 4. The SMILES string of the molecule is COc1ccc2c(Nc3c(Cl)cncc3Cl)cc(=O)oc2c1OCCCCCO[C@@H]1O[C@H](COC(C)=O)[C@@H](OC(C)=O)[C@H](OC(C)=O)[C@H]1OC(C)=O. The second-order valence-corrected chi connectivity index (χ2v) is 12.2. The van der Waals surface area contributed by atoms with Gasteiger partial charge in [0.2, 0.25) is 5.75 Å². The van der Waals surface area contributed by atoms with Gasteiger partial charge in [-0.1, -0.05) is 23.2 Å². The molecule has 18 heteroatoms. The van der Waals surface area contributed by atoms with Crippen LogP contribution in [0, 0.1) is 0 Å². The molecule has 3 heterocycles. The lowest BCUT2D eigenvalue weighted by atomic mass is 9.98. The molecule has 1 saturated heterocycles. The number of rotatable bonds is 16. The third-order valence-electron chi connectivity index (χ3n) is 7.43. The zero-order chi connectivity index (χ0) is 37.9. The maximum atomic E-state index is 12.6. The predicted octanol–water partition coefficient (Wildman–Crippen LogP) is 4.90. The summed E-state index contributed by atoms with van der Waals surface area (Å²) in [7, 11) is 1.45. The minimum Gasteiger partial charge on any atom is -0.493 e. The predicted molar refractivity (Wildman–Crippen MR) is 184 cm³/mol. The molecule has 1 aliphatic heterocycles. The molecule has 0 radical (unpaired) electrons. The van der Waals surface area contributed by atoms with Crippen molar-refractivity contribution in [3.05, 3.63) is 51.1 Å². The number of halogens is 2. The van der Waals surface area contributed by atoms with Crippen LogP contribution in [0.25, 0.3) is 11.0 Å². The first-order chi connectivity index (χ1) is 24.8. The van der Waals surface area contributed by atoms with Gasteiger partial charge in [-0.25, -0.2) is 4.79 Å². The molecule has 0 aliphatic carbocycles. The number of methoxy groups -OCH3 is 1. The molecule has 0 saturated carbocycles. The fourth-order valence-corrected chi connectivity index (χ4v) is 5.79. The molecule has 1 aliphatic rings. The minimum absolute atomic E-state index is 0.0926. The van der Waals surface area contributed by atoms with Crippen molar-refractivity contribution in [2.75, 3.05) is 32.2 Å². The number of hydrogen-bond donors (Lipinski definition) is 1. The third kappa shape index (κ3) is 10.7. The topological polar surface area (TPSA) is 197 Å². The van der Waals surface area contributed by atoms with E-state index in [1.54, 1.807) is 12.1 Å². The van der Waals surface area contributed by atoms with Gasteiger partial charge in [0.15, 0.2) is 35.9 Å². The smallest absolute Gasteiger partial charge is 0.338 e. The number of benzene rings is 1. The van der Waals surface area contributed by atoms with Crippen molar-refractivity contribution in [2.24, 2.45) is 0 Å². The number of ether oxygens (including phenoxy) is 8. The summed E-state index contributed by atoms with van der Waals surface area (Å²) in [6.07, 6.45) is -1.93. The van der Waals surface area contributed by atoms with Gasteiger partial charge in [-0.3, -0.25) is 24.2 Å². The molecule has 5 atom stereocenters. The van der Waals surface area contributed by atoms with Crippen molar-refractivity contribution in [3.63, 3.8) is 0 Å². The number of carbonyl (C=O) groups is 4. The number of nitrogens with zero attached hydrogens (tertiary/aromatic N) is 1. The van der Waals surface area contributed by atoms with E-state index in [-0.39, 0.29) is 41.2 Å². The van der Waals surface area contributed by atoms with Crippen LogP contribution >= 0.6 is 23.2 Å². The molecule has 0 bridgehead atoms. The van der Waals surface area contributed by atoms with Gasteiger partial charge in [0, 0.05) is 58.1 Å². The maximum Gasteiger partial charge on any atom is 0.338 e. The number of nitrogens with one attached hydrogen (secondary N) is 1. The van der Waals surface area contributed by atoms with E-state index in [1.807, 2.05) is 0 Å². The summed E-state index contributed by atoms with van der Waals surface area (Å²) >= 11 is 12.6. The number of aromatic nitrogens is 1. The number of hydrogen-bond acceptors (Lipinski definition) is 16. The van der Waals surface area contributed by atoms with Crippen LogP contribution < -0.4 is 20.4 Å². The monoisotopic (exact) mass is 768 g/mol. The molecule has 1 aromatic carbocycles. The largest absolute Gasteiger partial charge is 0.493 e. The Morgan fingerprint density at radius 3 is 2.12 bits per heavy atom. The van der Waals surface area contributed by atoms with E-state index >= 15 is 0 Å². The van der Waals surface area contributed by atoms with Crippen LogP contribution in [0.4, 0.5) is 11.4 Å². The third-order valence-corrected chi connectivity index (χ3v) is 8.00. The summed E-state index contributed by atoms with van der Waals surface area (Å²) in [5.74, 6) is -2.30. The molecule has 282 valence electrons. The van der Waals surface area contributed by atoms with Gasteiger partial charge in [0.1, 0.15) is 12.7 Å². The molecule has 2 aromatic heterocycles. The van der Waals surface area contributed by atoms with Crippen molar-refractivity contribution in [2.45, 2.75) is 77.7 Å². The van der Waals surface area contributed by atoms with Crippen LogP contribution in [0.2, 0.25) is 10.0 Å². The Balaban J connectivity index is 1.42. The van der Waals surface area contributed by atoms with Crippen LogP contribution in [0.15, 0.2) is 39.8 Å². The molecule has 16 nitrogen and oxygen atoms in total. The summed E-state index contributed by atoms with van der Waals surface area (Å²) in [5, 5.41) is 4.07. The molecule has 52 heavy (non-hydrogen) atoms. The Labute approximate surface area is 307 Å². The lowest BCUT2D eigenvalue weighted by Crippen LogP contribution is -2.63. The summed E-state index contributed by atoms with van der Waals surface area (Å²) in [6, 6.07) is 4.62. The van der Waals surface area contributed by atoms with E-state index in [1.165, 1.54) is 32.5 Å². The van der Waals surface area contributed by atoms with Crippen LogP contribution in [0.3, 0.4) is 0 Å². The fraction of sp³-hybridized carbons (Fsp3) is 0.471. The standard InChI is InChI=1S/C34H38Cl2N2O14/c1-17(39)47-16-26-31(48-18(2)40)32(49-19(3)41)33(50-20(4)42)34(51-26)46-12-8-6-7-11-45-30-25(44-5)10-9-21-24(13-27(43)52-29(21)30)38-28-22(35)14-37-15-23(28)36/h9-10,13-15,26,31-34H,6-8,11-12,16H2,1-5H3,(H,37,38)/t26-,31-,32+,33-,34-/m1/s1. The highest BCUT2D eigenvalue weighted by atomic mass is 35.5. The van der Waals surface area contributed by atoms with Crippen molar-refractivity contribution >= 4 is 69.4 Å². The highest BCUT2D eigenvalue weighted by molar-refractivity contribution is 6.39. The normalized spacial score (nSPS) is 19.7. The van der Waals surface area contributed by atoms with E-state index in [0.29, 0.717) is 41.8 Å². The minimum atomic E-state index is -1.33. The molecular weight excluding hydrogens is 731 g/mol. The summed E-state index contributed by atoms with van der Waals surface area (Å²) in [6.45, 7) is 4.52. The molecule has 4 rings (SSSR count). The summed E-state index contributed by atoms with van der Waals surface area (Å²) in [4.78, 5) is 64.1. The van der Waals surface area contributed by atoms with E-state index in [9.17, 15) is 24.0 Å². The molecule has 0 spiro atoms. The second kappa shape index (κ2) is 18.7. The fourth-order valence-electron chi connectivity index (χ4n) is 5.33. The van der Waals surface area contributed by atoms with E-state index < -0.39 is 60.2 Å². The van der Waals surface area contributed by atoms with Crippen LogP contribution in [-0.2, 0) is 47.6 Å². The van der Waals surface area contributed by atoms with Crippen molar-refractivity contribution in [1.29, 1.82) is 0 Å². The zero-order valence-corrected chi connectivity index (χ0v) is 30.4. The highest BCUT2D eigenvalue weighted by Crippen LogP contribution is 2.40. The summed E-state index contributed by atoms with van der Waals surface area (Å²) in [5.41, 5.74) is 0.207. The van der Waals surface area contributed by atoms with Gasteiger partial charge in [0.25, 0.3) is 0 Å². The maximum absolute atomic E-state index is 12.6. The van der Waals surface area contributed by atoms with Crippen LogP contribution in [0.1, 0.15) is 47.0 Å². The number of anilines is 2. The first-order valence-electron chi connectivity index (χ1n) is 16.0. The zero-order valence-electron chi connectivity index (χ0n) is 28.9. The Hall–Kier alpha value is -4.64. The number of esters is 4. The van der Waals surface area contributed by atoms with Crippen LogP contribution in [0.5, 0.6) is 11.5 Å². The molecule has 1 fully saturated rings. The first-order valence-corrected chi connectivity index (χ1v) is 16.8. The van der Waals surface area contributed by atoms with Gasteiger partial charge in [-0.15, -0.1) is 0 Å². The first kappa shape index (κ1) is 40.1. The number of unbranched alkanes of at least 4 members (excludes halogenated alkanes) is 2. The number of fused-ring (bicyclic) bond motifs is 1. The highest BCUT2D eigenvalue weighted by Gasteiger charge is 2.52. The molecule has 0 amide bonds. The quantitative estimate of drug-likeness (QED) is 0.0893. The average Bonchev–Trinajstić information content (AvgIpc) is 3.06. The molecule has 3 aromatic rings. The second-order valence-electron chi connectivity index (χ2n) is 11.4. The van der Waals surface area contributed by atoms with Gasteiger partial charge in [0.05, 0.1) is 35.1 Å². The Bertz CT molecular complexity index is 1800. The van der Waals surface area contributed by atoms with E-state index in [2.05, 4.69) is 10.3 Å². The van der Waals surface area contributed by atoms with Gasteiger partial charge < -0.3 is 47.6 Å². The molecule has 0 unspecified atom stereocenters. The average molecular weight is 770 g/mol. The van der Waals surface area contributed by atoms with Crippen molar-refractivity contribution < 1.29 is 61.5 Å². The van der Waals surface area contributed by atoms with Gasteiger partial charge in [-0.2, -0.15) is 0 Å². The van der Waals surface area contributed by atoms with Crippen LogP contribution in [-0.4, -0.2) is 86.5 Å². The lowest BCUT2D eigenvalue weighted by molar-refractivity contribution is -0.308. The van der Waals surface area contributed by atoms with Gasteiger partial charge >= 0.3 is 29.5 Å². The lowest BCUT2D eigenvalue weighted by Gasteiger charge is -2.44.